The minimum Gasteiger partial charge on any atom is -0.497 e. The summed E-state index contributed by atoms with van der Waals surface area (Å²) in [6.45, 7) is 0. The smallest absolute Gasteiger partial charge is 0.263 e. The third-order valence-electron chi connectivity index (χ3n) is 3.12. The first kappa shape index (κ1) is 14.6. The fraction of sp³-hybridized carbons (Fsp3) is 0.0588. The lowest BCUT2D eigenvalue weighted by atomic mass is 10.2. The third kappa shape index (κ3) is 3.88. The molecule has 3 aromatic rings. The molecule has 0 amide bonds. The van der Waals surface area contributed by atoms with Crippen molar-refractivity contribution in [3.8, 4) is 17.0 Å². The highest BCUT2D eigenvalue weighted by molar-refractivity contribution is 5.80. The summed E-state index contributed by atoms with van der Waals surface area (Å²) in [6.07, 6.45) is 3.30. The molecular weight excluding hydrogens is 290 g/mol. The van der Waals surface area contributed by atoms with Gasteiger partial charge >= 0.3 is 0 Å². The molecule has 0 atom stereocenters. The van der Waals surface area contributed by atoms with Crippen molar-refractivity contribution >= 4 is 12.2 Å². The third-order valence-corrected chi connectivity index (χ3v) is 3.12. The average Bonchev–Trinajstić information content (AvgIpc) is 2.63. The molecule has 114 valence electrons. The van der Waals surface area contributed by atoms with E-state index in [0.717, 1.165) is 22.6 Å². The summed E-state index contributed by atoms with van der Waals surface area (Å²) in [5.74, 6) is 1.15. The molecular formula is C17H15N5O. The summed E-state index contributed by atoms with van der Waals surface area (Å²) in [5, 5.41) is 12.0. The molecule has 0 saturated heterocycles. The molecule has 1 N–H and O–H groups in total. The quantitative estimate of drug-likeness (QED) is 0.579. The van der Waals surface area contributed by atoms with Crippen LogP contribution in [-0.2, 0) is 0 Å². The van der Waals surface area contributed by atoms with Gasteiger partial charge < -0.3 is 4.74 Å². The first-order valence-corrected chi connectivity index (χ1v) is 7.03. The number of nitrogens with one attached hydrogen (secondary N) is 1. The standard InChI is InChI=1S/C17H15N5O/c1-23-15-9-7-13(8-10-15)11-18-21-17-20-16(12-19-22-17)14-5-3-2-4-6-14/h2-12H,1H3,(H,20,21,22). The molecule has 0 saturated carbocycles. The summed E-state index contributed by atoms with van der Waals surface area (Å²) in [6, 6.07) is 17.3. The molecule has 2 aromatic carbocycles. The molecule has 0 aliphatic carbocycles. The first-order valence-electron chi connectivity index (χ1n) is 7.03. The monoisotopic (exact) mass is 305 g/mol. The molecule has 0 radical (unpaired) electrons. The number of methoxy groups -OCH3 is 1. The Balaban J connectivity index is 1.69. The molecule has 0 spiro atoms. The van der Waals surface area contributed by atoms with Gasteiger partial charge in [-0.2, -0.15) is 10.2 Å². The number of rotatable bonds is 5. The Hall–Kier alpha value is -3.28. The molecule has 3 rings (SSSR count). The number of hydrogen-bond donors (Lipinski definition) is 1. The summed E-state index contributed by atoms with van der Waals surface area (Å²) in [4.78, 5) is 4.38. The molecule has 0 fully saturated rings. The fourth-order valence-electron chi connectivity index (χ4n) is 1.95. The van der Waals surface area contributed by atoms with Crippen LogP contribution in [0.4, 0.5) is 5.95 Å². The highest BCUT2D eigenvalue weighted by Gasteiger charge is 2.01. The van der Waals surface area contributed by atoms with Gasteiger partial charge in [0.25, 0.3) is 5.95 Å². The predicted molar refractivity (Wildman–Crippen MR) is 89.5 cm³/mol. The van der Waals surface area contributed by atoms with Crippen LogP contribution in [0.25, 0.3) is 11.3 Å². The van der Waals surface area contributed by atoms with Gasteiger partial charge in [0.15, 0.2) is 0 Å². The van der Waals surface area contributed by atoms with Gasteiger partial charge in [-0.15, -0.1) is 5.10 Å². The zero-order valence-electron chi connectivity index (χ0n) is 12.5. The zero-order chi connectivity index (χ0) is 15.9. The van der Waals surface area contributed by atoms with Crippen molar-refractivity contribution in [2.75, 3.05) is 12.5 Å². The Labute approximate surface area is 133 Å². The van der Waals surface area contributed by atoms with Crippen molar-refractivity contribution in [3.63, 3.8) is 0 Å². The van der Waals surface area contributed by atoms with Crippen LogP contribution in [0.15, 0.2) is 65.9 Å². The van der Waals surface area contributed by atoms with Gasteiger partial charge in [-0.05, 0) is 29.8 Å². The highest BCUT2D eigenvalue weighted by Crippen LogP contribution is 2.15. The molecule has 6 nitrogen and oxygen atoms in total. The summed E-state index contributed by atoms with van der Waals surface area (Å²) < 4.78 is 5.11. The van der Waals surface area contributed by atoms with Gasteiger partial charge in [-0.25, -0.2) is 10.4 Å². The van der Waals surface area contributed by atoms with Crippen molar-refractivity contribution in [1.82, 2.24) is 15.2 Å². The normalized spacial score (nSPS) is 10.7. The number of benzene rings is 2. The number of anilines is 1. The van der Waals surface area contributed by atoms with Gasteiger partial charge in [-0.1, -0.05) is 30.3 Å². The Morgan fingerprint density at radius 2 is 1.83 bits per heavy atom. The van der Waals surface area contributed by atoms with E-state index in [2.05, 4.69) is 25.7 Å². The minimum absolute atomic E-state index is 0.344. The maximum atomic E-state index is 5.11. The topological polar surface area (TPSA) is 72.3 Å². The van der Waals surface area contributed by atoms with Crippen molar-refractivity contribution < 1.29 is 4.74 Å². The van der Waals surface area contributed by atoms with Gasteiger partial charge in [-0.3, -0.25) is 0 Å². The number of hydrazone groups is 1. The lowest BCUT2D eigenvalue weighted by Crippen LogP contribution is -1.99. The van der Waals surface area contributed by atoms with Crippen LogP contribution in [-0.4, -0.2) is 28.5 Å². The Morgan fingerprint density at radius 1 is 1.04 bits per heavy atom. The summed E-state index contributed by atoms with van der Waals surface area (Å²) >= 11 is 0. The van der Waals surface area contributed by atoms with Gasteiger partial charge in [0.2, 0.25) is 0 Å². The van der Waals surface area contributed by atoms with Crippen molar-refractivity contribution in [2.45, 2.75) is 0 Å². The number of hydrogen-bond acceptors (Lipinski definition) is 6. The van der Waals surface area contributed by atoms with E-state index < -0.39 is 0 Å². The highest BCUT2D eigenvalue weighted by atomic mass is 16.5. The van der Waals surface area contributed by atoms with E-state index in [0.29, 0.717) is 5.95 Å². The van der Waals surface area contributed by atoms with E-state index in [1.807, 2.05) is 54.6 Å². The fourth-order valence-corrected chi connectivity index (χ4v) is 1.95. The first-order chi connectivity index (χ1) is 11.3. The molecule has 1 heterocycles. The zero-order valence-corrected chi connectivity index (χ0v) is 12.5. The molecule has 0 aliphatic rings. The van der Waals surface area contributed by atoms with Crippen LogP contribution in [0.2, 0.25) is 0 Å². The summed E-state index contributed by atoms with van der Waals surface area (Å²) in [5.41, 5.74) is 5.44. The average molecular weight is 305 g/mol. The lowest BCUT2D eigenvalue weighted by Gasteiger charge is -2.02. The number of nitrogens with zero attached hydrogens (tertiary/aromatic N) is 4. The number of ether oxygens (including phenoxy) is 1. The van der Waals surface area contributed by atoms with E-state index in [9.17, 15) is 0 Å². The minimum atomic E-state index is 0.344. The van der Waals surface area contributed by atoms with Crippen LogP contribution in [0, 0.1) is 0 Å². The van der Waals surface area contributed by atoms with Crippen molar-refractivity contribution in [1.29, 1.82) is 0 Å². The van der Waals surface area contributed by atoms with Crippen LogP contribution in [0.1, 0.15) is 5.56 Å². The predicted octanol–water partition coefficient (Wildman–Crippen LogP) is 2.99. The molecule has 0 aliphatic heterocycles. The van der Waals surface area contributed by atoms with E-state index in [1.54, 1.807) is 19.5 Å². The molecule has 6 heteroatoms. The van der Waals surface area contributed by atoms with Crippen LogP contribution in [0.5, 0.6) is 5.75 Å². The van der Waals surface area contributed by atoms with Gasteiger partial charge in [0.1, 0.15) is 5.75 Å². The van der Waals surface area contributed by atoms with E-state index >= 15 is 0 Å². The van der Waals surface area contributed by atoms with E-state index in [-0.39, 0.29) is 0 Å². The lowest BCUT2D eigenvalue weighted by molar-refractivity contribution is 0.415. The van der Waals surface area contributed by atoms with Crippen LogP contribution >= 0.6 is 0 Å². The summed E-state index contributed by atoms with van der Waals surface area (Å²) in [7, 11) is 1.63. The molecule has 0 unspecified atom stereocenters. The Morgan fingerprint density at radius 3 is 2.57 bits per heavy atom. The Bertz CT molecular complexity index is 788. The molecule has 0 bridgehead atoms. The van der Waals surface area contributed by atoms with E-state index in [1.165, 1.54) is 0 Å². The largest absolute Gasteiger partial charge is 0.497 e. The Kier molecular flexibility index (Phi) is 4.54. The SMILES string of the molecule is COc1ccc(C=NNc2nncc(-c3ccccc3)n2)cc1. The second-order valence-electron chi connectivity index (χ2n) is 4.67. The maximum absolute atomic E-state index is 5.11. The van der Waals surface area contributed by atoms with Crippen LogP contribution in [0.3, 0.4) is 0 Å². The molecule has 1 aromatic heterocycles. The molecule has 23 heavy (non-hydrogen) atoms. The van der Waals surface area contributed by atoms with E-state index in [4.69, 9.17) is 4.74 Å². The van der Waals surface area contributed by atoms with Crippen molar-refractivity contribution in [2.24, 2.45) is 5.10 Å². The van der Waals surface area contributed by atoms with Crippen molar-refractivity contribution in [3.05, 3.63) is 66.4 Å². The second kappa shape index (κ2) is 7.13. The number of aromatic nitrogens is 3. The van der Waals surface area contributed by atoms with Crippen LogP contribution < -0.4 is 10.2 Å². The van der Waals surface area contributed by atoms with Gasteiger partial charge in [0, 0.05) is 5.56 Å². The maximum Gasteiger partial charge on any atom is 0.263 e. The second-order valence-corrected chi connectivity index (χ2v) is 4.67. The van der Waals surface area contributed by atoms with Gasteiger partial charge in [0.05, 0.1) is 25.2 Å².